The van der Waals surface area contributed by atoms with E-state index >= 15 is 0 Å². The van der Waals surface area contributed by atoms with E-state index in [0.717, 1.165) is 49.5 Å². The van der Waals surface area contributed by atoms with E-state index in [1.54, 1.807) is 24.3 Å². The average molecular weight is 551 g/mol. The molecule has 0 aliphatic carbocycles. The van der Waals surface area contributed by atoms with Crippen LogP contribution < -0.4 is 11.1 Å². The number of hydrogen-bond donors (Lipinski definition) is 0. The van der Waals surface area contributed by atoms with Crippen molar-refractivity contribution in [1.29, 1.82) is 5.26 Å². The molecular weight excluding hydrogens is 528 g/mol. The zero-order valence-electron chi connectivity index (χ0n) is 22.9. The van der Waals surface area contributed by atoms with Crippen LogP contribution in [0.2, 0.25) is 0 Å². The highest BCUT2D eigenvalue weighted by Crippen LogP contribution is 2.38. The summed E-state index contributed by atoms with van der Waals surface area (Å²) in [4.78, 5) is 27.5. The molecule has 0 fully saturated rings. The number of pyridine rings is 2. The first-order chi connectivity index (χ1) is 21.1. The van der Waals surface area contributed by atoms with Gasteiger partial charge in [0, 0.05) is 21.5 Å². The van der Waals surface area contributed by atoms with Gasteiger partial charge in [-0.2, -0.15) is 5.26 Å². The maximum Gasteiger partial charge on any atom is 0.266 e. The minimum Gasteiger partial charge on any atom is -0.268 e. The summed E-state index contributed by atoms with van der Waals surface area (Å²) < 4.78 is 1.31. The first kappa shape index (κ1) is 24.7. The van der Waals surface area contributed by atoms with Gasteiger partial charge in [0.2, 0.25) is 0 Å². The number of aromatic nitrogens is 1. The number of rotatable bonds is 3. The standard InChI is InChI=1S/C39H22N2O2/c40-23-24-15-16-33-34(17-24)36-22-30(21-35-31-13-7-8-14-32(31)38(42)41(37(35)36)39(33)43)29-19-27(25-9-3-1-4-10-25)18-28(20-29)26-11-5-2-6-12-26/h1-22H. The number of fused-ring (bicyclic) bond motifs is 4. The van der Waals surface area contributed by atoms with Crippen molar-refractivity contribution in [3.05, 3.63) is 160 Å². The summed E-state index contributed by atoms with van der Waals surface area (Å²) >= 11 is 0. The molecule has 0 aliphatic heterocycles. The van der Waals surface area contributed by atoms with Crippen LogP contribution in [0.25, 0.3) is 71.2 Å². The number of benzene rings is 6. The van der Waals surface area contributed by atoms with Crippen LogP contribution in [-0.2, 0) is 0 Å². The molecule has 43 heavy (non-hydrogen) atoms. The van der Waals surface area contributed by atoms with E-state index < -0.39 is 0 Å². The van der Waals surface area contributed by atoms with Gasteiger partial charge in [0.25, 0.3) is 11.1 Å². The predicted octanol–water partition coefficient (Wildman–Crippen LogP) is 8.43. The Labute approximate surface area is 246 Å². The Balaban J connectivity index is 1.55. The van der Waals surface area contributed by atoms with E-state index in [0.29, 0.717) is 27.2 Å². The van der Waals surface area contributed by atoms with Crippen LogP contribution in [0.4, 0.5) is 0 Å². The fraction of sp³-hybridized carbons (Fsp3) is 0. The highest BCUT2D eigenvalue weighted by molar-refractivity contribution is 6.19. The molecule has 6 aromatic carbocycles. The molecule has 4 heteroatoms. The first-order valence-corrected chi connectivity index (χ1v) is 14.1. The maximum absolute atomic E-state index is 13.8. The van der Waals surface area contributed by atoms with Gasteiger partial charge in [0.05, 0.1) is 17.1 Å². The summed E-state index contributed by atoms with van der Waals surface area (Å²) in [7, 11) is 0. The monoisotopic (exact) mass is 550 g/mol. The minimum absolute atomic E-state index is 0.338. The Kier molecular flexibility index (Phi) is 5.47. The molecule has 0 amide bonds. The first-order valence-electron chi connectivity index (χ1n) is 14.1. The largest absolute Gasteiger partial charge is 0.268 e. The molecule has 0 N–H and O–H groups in total. The Morgan fingerprint density at radius 1 is 0.419 bits per heavy atom. The molecule has 0 radical (unpaired) electrons. The molecule has 8 rings (SSSR count). The highest BCUT2D eigenvalue weighted by Gasteiger charge is 2.19. The lowest BCUT2D eigenvalue weighted by Gasteiger charge is -2.16. The van der Waals surface area contributed by atoms with E-state index in [2.05, 4.69) is 60.7 Å². The molecule has 2 heterocycles. The number of nitrogens with zero attached hydrogens (tertiary/aromatic N) is 2. The lowest BCUT2D eigenvalue weighted by molar-refractivity contribution is 1.09. The molecule has 0 saturated heterocycles. The lowest BCUT2D eigenvalue weighted by atomic mass is 9.90. The van der Waals surface area contributed by atoms with Gasteiger partial charge in [-0.1, -0.05) is 78.9 Å². The van der Waals surface area contributed by atoms with Crippen LogP contribution in [0, 0.1) is 11.3 Å². The van der Waals surface area contributed by atoms with Crippen molar-refractivity contribution in [2.75, 3.05) is 0 Å². The summed E-state index contributed by atoms with van der Waals surface area (Å²) in [6.45, 7) is 0. The molecule has 0 aliphatic rings. The second kappa shape index (κ2) is 9.51. The van der Waals surface area contributed by atoms with Crippen molar-refractivity contribution in [3.8, 4) is 39.4 Å². The maximum atomic E-state index is 13.8. The quantitative estimate of drug-likeness (QED) is 0.164. The van der Waals surface area contributed by atoms with Gasteiger partial charge in [-0.15, -0.1) is 0 Å². The summed E-state index contributed by atoms with van der Waals surface area (Å²) in [5, 5.41) is 13.6. The Morgan fingerprint density at radius 2 is 0.884 bits per heavy atom. The summed E-state index contributed by atoms with van der Waals surface area (Å²) in [5.74, 6) is 0. The molecule has 0 spiro atoms. The number of hydrogen-bond acceptors (Lipinski definition) is 3. The van der Waals surface area contributed by atoms with Gasteiger partial charge in [0.1, 0.15) is 0 Å². The Hall–Kier alpha value is -6.05. The molecule has 4 nitrogen and oxygen atoms in total. The lowest BCUT2D eigenvalue weighted by Crippen LogP contribution is -2.27. The molecule has 0 saturated carbocycles. The SMILES string of the molecule is N#Cc1ccc2c(=O)n3c(=O)c4ccccc4c4cc(-c5cc(-c6ccccc6)cc(-c6ccccc6)c5)cc(c2c1)c43. The Bertz CT molecular complexity index is 2490. The second-order valence-electron chi connectivity index (χ2n) is 10.8. The smallest absolute Gasteiger partial charge is 0.266 e. The Morgan fingerprint density at radius 3 is 1.47 bits per heavy atom. The summed E-state index contributed by atoms with van der Waals surface area (Å²) in [6.07, 6.45) is 0. The molecule has 2 aromatic heterocycles. The fourth-order valence-corrected chi connectivity index (χ4v) is 6.31. The van der Waals surface area contributed by atoms with E-state index in [1.807, 2.05) is 54.6 Å². The highest BCUT2D eigenvalue weighted by atomic mass is 16.2. The van der Waals surface area contributed by atoms with Crippen LogP contribution in [0.3, 0.4) is 0 Å². The topological polar surface area (TPSA) is 62.3 Å². The van der Waals surface area contributed by atoms with Gasteiger partial charge in [0.15, 0.2) is 0 Å². The molecule has 200 valence electrons. The van der Waals surface area contributed by atoms with E-state index in [-0.39, 0.29) is 11.1 Å². The fourth-order valence-electron chi connectivity index (χ4n) is 6.31. The van der Waals surface area contributed by atoms with Crippen LogP contribution in [0.15, 0.2) is 143 Å². The van der Waals surface area contributed by atoms with Crippen molar-refractivity contribution in [2.45, 2.75) is 0 Å². The van der Waals surface area contributed by atoms with Gasteiger partial charge in [-0.25, -0.2) is 4.40 Å². The van der Waals surface area contributed by atoms with Crippen molar-refractivity contribution in [3.63, 3.8) is 0 Å². The van der Waals surface area contributed by atoms with Crippen LogP contribution in [-0.4, -0.2) is 4.40 Å². The zero-order valence-corrected chi connectivity index (χ0v) is 22.9. The third-order valence-corrected chi connectivity index (χ3v) is 8.34. The van der Waals surface area contributed by atoms with Crippen molar-refractivity contribution >= 4 is 37.8 Å². The zero-order chi connectivity index (χ0) is 29.1. The summed E-state index contributed by atoms with van der Waals surface area (Å²) in [5.41, 5.74) is 6.67. The number of nitriles is 1. The van der Waals surface area contributed by atoms with Gasteiger partial charge in [-0.3, -0.25) is 9.59 Å². The normalized spacial score (nSPS) is 11.4. The summed E-state index contributed by atoms with van der Waals surface area (Å²) in [6, 6.07) is 46.0. The van der Waals surface area contributed by atoms with Gasteiger partial charge >= 0.3 is 0 Å². The van der Waals surface area contributed by atoms with Crippen molar-refractivity contribution < 1.29 is 0 Å². The third kappa shape index (κ3) is 3.83. The second-order valence-corrected chi connectivity index (χ2v) is 10.8. The average Bonchev–Trinajstić information content (AvgIpc) is 3.08. The molecule has 0 bridgehead atoms. The minimum atomic E-state index is -0.377. The van der Waals surface area contributed by atoms with E-state index in [1.165, 1.54) is 4.40 Å². The molecule has 8 aromatic rings. The van der Waals surface area contributed by atoms with Crippen molar-refractivity contribution in [1.82, 2.24) is 4.40 Å². The van der Waals surface area contributed by atoms with Crippen LogP contribution >= 0.6 is 0 Å². The van der Waals surface area contributed by atoms with Crippen molar-refractivity contribution in [2.24, 2.45) is 0 Å². The van der Waals surface area contributed by atoms with E-state index in [9.17, 15) is 14.9 Å². The molecule has 0 unspecified atom stereocenters. The van der Waals surface area contributed by atoms with E-state index in [4.69, 9.17) is 0 Å². The van der Waals surface area contributed by atoms with Crippen LogP contribution in [0.5, 0.6) is 0 Å². The molecule has 0 atom stereocenters. The predicted molar refractivity (Wildman–Crippen MR) is 175 cm³/mol. The van der Waals surface area contributed by atoms with Crippen LogP contribution in [0.1, 0.15) is 5.56 Å². The van der Waals surface area contributed by atoms with Gasteiger partial charge in [-0.05, 0) is 98.8 Å². The van der Waals surface area contributed by atoms with Gasteiger partial charge < -0.3 is 0 Å². The molecular formula is C39H22N2O2. The third-order valence-electron chi connectivity index (χ3n) is 8.34.